The zero-order valence-electron chi connectivity index (χ0n) is 12.9. The second kappa shape index (κ2) is 8.41. The molecule has 0 aliphatic heterocycles. The van der Waals surface area contributed by atoms with E-state index in [4.69, 9.17) is 4.98 Å². The van der Waals surface area contributed by atoms with Crippen molar-refractivity contribution in [1.29, 1.82) is 0 Å². The van der Waals surface area contributed by atoms with E-state index in [1.807, 2.05) is 11.8 Å². The van der Waals surface area contributed by atoms with Crippen LogP contribution in [0, 0.1) is 6.92 Å². The monoisotopic (exact) mass is 281 g/mol. The van der Waals surface area contributed by atoms with Crippen molar-refractivity contribution < 1.29 is 0 Å². The minimum absolute atomic E-state index is 0.668. The Balaban J connectivity index is 2.85. The number of aryl methyl sites for hydroxylation is 1. The Labute approximate surface area is 122 Å². The van der Waals surface area contributed by atoms with Crippen LogP contribution in [0.15, 0.2) is 0 Å². The lowest BCUT2D eigenvalue weighted by Crippen LogP contribution is -2.10. The molecule has 1 rings (SSSR count). The Hall–Kier alpha value is -0.770. The maximum atomic E-state index is 4.71. The van der Waals surface area contributed by atoms with Crippen LogP contribution in [0.25, 0.3) is 0 Å². The van der Waals surface area contributed by atoms with Gasteiger partial charge < -0.3 is 5.32 Å². The fraction of sp³-hybridized carbons (Fsp3) is 0.733. The third-order valence-corrected chi connectivity index (χ3v) is 4.56. The number of rotatable bonds is 8. The normalized spacial score (nSPS) is 12.5. The third kappa shape index (κ3) is 5.01. The van der Waals surface area contributed by atoms with E-state index in [0.29, 0.717) is 5.25 Å². The van der Waals surface area contributed by atoms with E-state index in [1.165, 1.54) is 12.0 Å². The molecule has 1 aromatic rings. The van der Waals surface area contributed by atoms with Gasteiger partial charge in [0.05, 0.1) is 5.75 Å². The highest BCUT2D eigenvalue weighted by atomic mass is 32.2. The van der Waals surface area contributed by atoms with Gasteiger partial charge in [-0.25, -0.2) is 9.97 Å². The highest BCUT2D eigenvalue weighted by molar-refractivity contribution is 7.99. The molecule has 19 heavy (non-hydrogen) atoms. The van der Waals surface area contributed by atoms with Crippen LogP contribution < -0.4 is 5.32 Å². The lowest BCUT2D eigenvalue weighted by Gasteiger charge is -2.14. The van der Waals surface area contributed by atoms with Crippen molar-refractivity contribution in [3.8, 4) is 0 Å². The molecule has 0 saturated carbocycles. The molecule has 0 aromatic carbocycles. The van der Waals surface area contributed by atoms with Crippen molar-refractivity contribution in [3.05, 3.63) is 17.1 Å². The largest absolute Gasteiger partial charge is 0.370 e. The van der Waals surface area contributed by atoms with Gasteiger partial charge in [0.25, 0.3) is 0 Å². The predicted octanol–water partition coefficient (Wildman–Crippen LogP) is 4.20. The van der Waals surface area contributed by atoms with Gasteiger partial charge in [-0.3, -0.25) is 0 Å². The SMILES string of the molecule is CCCNc1nc(CSC(C)CC)nc(C)c1CC. The molecule has 0 aliphatic rings. The van der Waals surface area contributed by atoms with Gasteiger partial charge in [0, 0.05) is 23.1 Å². The van der Waals surface area contributed by atoms with Gasteiger partial charge in [0.1, 0.15) is 11.6 Å². The van der Waals surface area contributed by atoms with Crippen LogP contribution in [0.4, 0.5) is 5.82 Å². The van der Waals surface area contributed by atoms with E-state index in [-0.39, 0.29) is 0 Å². The number of nitrogens with one attached hydrogen (secondary N) is 1. The quantitative estimate of drug-likeness (QED) is 0.775. The number of anilines is 1. The zero-order chi connectivity index (χ0) is 14.3. The number of hydrogen-bond acceptors (Lipinski definition) is 4. The Kier molecular flexibility index (Phi) is 7.21. The zero-order valence-corrected chi connectivity index (χ0v) is 13.7. The van der Waals surface area contributed by atoms with E-state index in [2.05, 4.69) is 44.9 Å². The van der Waals surface area contributed by atoms with E-state index >= 15 is 0 Å². The fourth-order valence-corrected chi connectivity index (χ4v) is 2.66. The Bertz CT molecular complexity index is 393. The highest BCUT2D eigenvalue weighted by Gasteiger charge is 2.10. The average molecular weight is 281 g/mol. The summed E-state index contributed by atoms with van der Waals surface area (Å²) in [6.45, 7) is 11.9. The number of thioether (sulfide) groups is 1. The van der Waals surface area contributed by atoms with Crippen molar-refractivity contribution >= 4 is 17.6 Å². The van der Waals surface area contributed by atoms with Crippen molar-refractivity contribution in [1.82, 2.24) is 9.97 Å². The van der Waals surface area contributed by atoms with Crippen LogP contribution >= 0.6 is 11.8 Å². The molecule has 1 unspecified atom stereocenters. The Morgan fingerprint density at radius 1 is 1.21 bits per heavy atom. The summed E-state index contributed by atoms with van der Waals surface area (Å²) >= 11 is 1.93. The molecule has 0 amide bonds. The van der Waals surface area contributed by atoms with Crippen molar-refractivity contribution in [2.45, 2.75) is 64.9 Å². The first-order chi connectivity index (χ1) is 9.12. The Morgan fingerprint density at radius 2 is 1.95 bits per heavy atom. The molecule has 1 heterocycles. The average Bonchev–Trinajstić information content (AvgIpc) is 2.42. The molecule has 0 spiro atoms. The molecule has 0 saturated heterocycles. The minimum atomic E-state index is 0.668. The minimum Gasteiger partial charge on any atom is -0.370 e. The third-order valence-electron chi connectivity index (χ3n) is 3.23. The molecule has 1 aromatic heterocycles. The first-order valence-corrected chi connectivity index (χ1v) is 8.39. The van der Waals surface area contributed by atoms with E-state index in [1.54, 1.807) is 0 Å². The molecule has 1 atom stereocenters. The van der Waals surface area contributed by atoms with Crippen LogP contribution in [-0.2, 0) is 12.2 Å². The predicted molar refractivity (Wildman–Crippen MR) is 86.0 cm³/mol. The van der Waals surface area contributed by atoms with Crippen LogP contribution in [0.3, 0.4) is 0 Å². The summed E-state index contributed by atoms with van der Waals surface area (Å²) in [6.07, 6.45) is 3.29. The summed E-state index contributed by atoms with van der Waals surface area (Å²) < 4.78 is 0. The smallest absolute Gasteiger partial charge is 0.140 e. The Morgan fingerprint density at radius 3 is 2.53 bits per heavy atom. The van der Waals surface area contributed by atoms with Crippen LogP contribution in [0.1, 0.15) is 57.6 Å². The standard InChI is InChI=1S/C15H27N3S/c1-6-9-16-15-13(8-3)12(5)17-14(18-15)10-19-11(4)7-2/h11H,6-10H2,1-5H3,(H,16,17,18). The second-order valence-electron chi connectivity index (χ2n) is 4.86. The summed E-state index contributed by atoms with van der Waals surface area (Å²) in [6, 6.07) is 0. The van der Waals surface area contributed by atoms with Gasteiger partial charge in [0.2, 0.25) is 0 Å². The molecule has 108 valence electrons. The molecular weight excluding hydrogens is 254 g/mol. The van der Waals surface area contributed by atoms with E-state index in [0.717, 1.165) is 42.5 Å². The summed E-state index contributed by atoms with van der Waals surface area (Å²) in [5, 5.41) is 4.10. The lowest BCUT2D eigenvalue weighted by molar-refractivity contribution is 0.889. The molecule has 0 bridgehead atoms. The van der Waals surface area contributed by atoms with Gasteiger partial charge in [-0.2, -0.15) is 11.8 Å². The molecule has 0 radical (unpaired) electrons. The lowest BCUT2D eigenvalue weighted by atomic mass is 10.1. The number of aromatic nitrogens is 2. The van der Waals surface area contributed by atoms with Gasteiger partial charge in [-0.1, -0.05) is 27.7 Å². The molecule has 0 fully saturated rings. The molecule has 1 N–H and O–H groups in total. The van der Waals surface area contributed by atoms with Gasteiger partial charge in [0.15, 0.2) is 0 Å². The summed E-state index contributed by atoms with van der Waals surface area (Å²) in [5.41, 5.74) is 2.38. The number of nitrogens with zero attached hydrogens (tertiary/aromatic N) is 2. The summed E-state index contributed by atoms with van der Waals surface area (Å²) in [4.78, 5) is 9.35. The van der Waals surface area contributed by atoms with Crippen molar-refractivity contribution in [3.63, 3.8) is 0 Å². The van der Waals surface area contributed by atoms with Crippen molar-refractivity contribution in [2.75, 3.05) is 11.9 Å². The molecule has 4 heteroatoms. The van der Waals surface area contributed by atoms with Gasteiger partial charge in [-0.15, -0.1) is 0 Å². The first kappa shape index (κ1) is 16.3. The maximum Gasteiger partial charge on any atom is 0.140 e. The molecule has 0 aliphatic carbocycles. The van der Waals surface area contributed by atoms with Crippen LogP contribution in [0.2, 0.25) is 0 Å². The maximum absolute atomic E-state index is 4.71. The van der Waals surface area contributed by atoms with E-state index < -0.39 is 0 Å². The first-order valence-electron chi connectivity index (χ1n) is 7.34. The van der Waals surface area contributed by atoms with Gasteiger partial charge >= 0.3 is 0 Å². The fourth-order valence-electron chi connectivity index (χ4n) is 1.87. The topological polar surface area (TPSA) is 37.8 Å². The summed E-state index contributed by atoms with van der Waals surface area (Å²) in [7, 11) is 0. The second-order valence-corrected chi connectivity index (χ2v) is 6.29. The van der Waals surface area contributed by atoms with Crippen LogP contribution in [-0.4, -0.2) is 21.8 Å². The van der Waals surface area contributed by atoms with Gasteiger partial charge in [-0.05, 0) is 26.2 Å². The van der Waals surface area contributed by atoms with Crippen molar-refractivity contribution in [2.24, 2.45) is 0 Å². The number of hydrogen-bond donors (Lipinski definition) is 1. The molecule has 3 nitrogen and oxygen atoms in total. The summed E-state index contributed by atoms with van der Waals surface area (Å²) in [5.74, 6) is 2.90. The molecular formula is C15H27N3S. The highest BCUT2D eigenvalue weighted by Crippen LogP contribution is 2.22. The van der Waals surface area contributed by atoms with Crippen LogP contribution in [0.5, 0.6) is 0 Å². The van der Waals surface area contributed by atoms with E-state index in [9.17, 15) is 0 Å².